The van der Waals surface area contributed by atoms with E-state index in [-0.39, 0.29) is 22.5 Å². The van der Waals surface area contributed by atoms with Crippen LogP contribution in [0.3, 0.4) is 0 Å². The van der Waals surface area contributed by atoms with Crippen molar-refractivity contribution in [3.8, 4) is 0 Å². The average molecular weight is 476 g/mol. The normalized spacial score (nSPS) is 17.1. The van der Waals surface area contributed by atoms with Crippen LogP contribution >= 0.6 is 0 Å². The minimum absolute atomic E-state index is 0.0694. The summed E-state index contributed by atoms with van der Waals surface area (Å²) in [6.45, 7) is 1.88. The number of alkyl halides is 3. The quantitative estimate of drug-likeness (QED) is 0.384. The van der Waals surface area contributed by atoms with E-state index in [2.05, 4.69) is 4.99 Å². The van der Waals surface area contributed by atoms with Gasteiger partial charge in [-0.15, -0.1) is 0 Å². The number of carbonyl (C=O) groups excluding carboxylic acids is 1. The molecule has 1 aliphatic rings. The number of aliphatic imine (C=N–C) groups is 1. The summed E-state index contributed by atoms with van der Waals surface area (Å²) in [4.78, 5) is 17.7. The van der Waals surface area contributed by atoms with E-state index in [0.717, 1.165) is 23.8 Å². The molecular weight excluding hydrogens is 458 g/mol. The lowest BCUT2D eigenvalue weighted by molar-refractivity contribution is -0.146. The van der Waals surface area contributed by atoms with E-state index in [1.54, 1.807) is 12.1 Å². The van der Waals surface area contributed by atoms with Gasteiger partial charge >= 0.3 is 6.18 Å². The average Bonchev–Trinajstić information content (AvgIpc) is 2.79. The van der Waals surface area contributed by atoms with Crippen LogP contribution in [0.2, 0.25) is 0 Å². The van der Waals surface area contributed by atoms with Gasteiger partial charge in [-0.3, -0.25) is 14.7 Å². The molecule has 3 aromatic rings. The lowest BCUT2D eigenvalue weighted by Crippen LogP contribution is -2.53. The number of hydrogen-bond acceptors (Lipinski definition) is 2. The topological polar surface area (TPSA) is 32.7 Å². The fourth-order valence-corrected chi connectivity index (χ4v) is 3.88. The second-order valence-electron chi connectivity index (χ2n) is 7.81. The van der Waals surface area contributed by atoms with E-state index in [4.69, 9.17) is 0 Å². The maximum absolute atomic E-state index is 15.0. The van der Waals surface area contributed by atoms with Gasteiger partial charge in [0.15, 0.2) is 5.82 Å². The molecule has 0 spiro atoms. The molecule has 0 radical (unpaired) electrons. The monoisotopic (exact) mass is 476 g/mol. The highest BCUT2D eigenvalue weighted by atomic mass is 19.4. The van der Waals surface area contributed by atoms with Crippen molar-refractivity contribution in [2.24, 2.45) is 4.99 Å². The summed E-state index contributed by atoms with van der Waals surface area (Å²) in [5.74, 6) is -4.01. The first-order chi connectivity index (χ1) is 16.1. The van der Waals surface area contributed by atoms with Gasteiger partial charge in [-0.2, -0.15) is 13.2 Å². The molecule has 1 atom stereocenters. The van der Waals surface area contributed by atoms with Crippen LogP contribution in [0.1, 0.15) is 34.8 Å². The summed E-state index contributed by atoms with van der Waals surface area (Å²) in [5.41, 5.74) is -0.359. The van der Waals surface area contributed by atoms with Crippen LogP contribution in [-0.4, -0.2) is 23.8 Å². The number of anilines is 1. The van der Waals surface area contributed by atoms with Crippen LogP contribution in [-0.2, 0) is 6.42 Å². The molecule has 1 amide bonds. The molecule has 1 heterocycles. The number of rotatable bonds is 3. The minimum Gasteiger partial charge on any atom is -0.292 e. The molecule has 0 fully saturated rings. The fourth-order valence-electron chi connectivity index (χ4n) is 3.88. The number of benzene rings is 3. The van der Waals surface area contributed by atoms with Crippen LogP contribution in [0.5, 0.6) is 0 Å². The number of aryl methyl sites for hydroxylation is 1. The van der Waals surface area contributed by atoms with E-state index in [0.29, 0.717) is 17.4 Å². The Morgan fingerprint density at radius 1 is 0.971 bits per heavy atom. The van der Waals surface area contributed by atoms with Crippen molar-refractivity contribution in [3.63, 3.8) is 0 Å². The second-order valence-corrected chi connectivity index (χ2v) is 7.81. The van der Waals surface area contributed by atoms with Crippen LogP contribution in [0.4, 0.5) is 37.7 Å². The summed E-state index contributed by atoms with van der Waals surface area (Å²) in [6, 6.07) is 9.35. The Bertz CT molecular complexity index is 1250. The number of nitrogens with zero attached hydrogens (tertiary/aromatic N) is 2. The van der Waals surface area contributed by atoms with Gasteiger partial charge in [0.05, 0.1) is 17.1 Å². The molecule has 1 unspecified atom stereocenters. The third kappa shape index (κ3) is 4.55. The molecule has 3 nitrogen and oxygen atoms in total. The predicted molar refractivity (Wildman–Crippen MR) is 116 cm³/mol. The molecule has 176 valence electrons. The Balaban J connectivity index is 1.91. The molecule has 34 heavy (non-hydrogen) atoms. The smallest absolute Gasteiger partial charge is 0.292 e. The summed E-state index contributed by atoms with van der Waals surface area (Å²) in [7, 11) is 0. The van der Waals surface area contributed by atoms with E-state index >= 15 is 0 Å². The summed E-state index contributed by atoms with van der Waals surface area (Å²) >= 11 is 0. The summed E-state index contributed by atoms with van der Waals surface area (Å²) in [6.07, 6.45) is -5.13. The van der Waals surface area contributed by atoms with Gasteiger partial charge in [0.25, 0.3) is 5.91 Å². The molecule has 9 heteroatoms. The van der Waals surface area contributed by atoms with E-state index < -0.39 is 47.7 Å². The molecule has 3 aromatic carbocycles. The molecule has 1 aliphatic heterocycles. The van der Waals surface area contributed by atoms with Gasteiger partial charge in [0, 0.05) is 23.6 Å². The summed E-state index contributed by atoms with van der Waals surface area (Å²) in [5, 5.41) is 0. The van der Waals surface area contributed by atoms with Gasteiger partial charge in [-0.25, -0.2) is 13.2 Å². The third-order valence-corrected chi connectivity index (χ3v) is 5.57. The van der Waals surface area contributed by atoms with Crippen molar-refractivity contribution in [1.82, 2.24) is 0 Å². The number of amides is 1. The van der Waals surface area contributed by atoms with Gasteiger partial charge in [0.1, 0.15) is 17.7 Å². The van der Waals surface area contributed by atoms with E-state index in [9.17, 15) is 31.1 Å². The molecule has 0 aromatic heterocycles. The van der Waals surface area contributed by atoms with Crippen molar-refractivity contribution in [3.05, 3.63) is 94.8 Å². The third-order valence-electron chi connectivity index (χ3n) is 5.57. The number of fused-ring (bicyclic) bond motifs is 1. The first-order valence-electron chi connectivity index (χ1n) is 10.4. The van der Waals surface area contributed by atoms with Gasteiger partial charge in [-0.1, -0.05) is 19.1 Å². The standard InChI is InChI=1S/C25H18F6N2O/c1-2-14-3-5-15(6-4-14)24(34)33-22(25(29,30)31)13-21(32-18-9-7-16(26)8-10-18)19-11-17(27)12-20(28)23(19)33/h3-12,22H,2,13H2,1H3. The van der Waals surface area contributed by atoms with Crippen LogP contribution in [0.15, 0.2) is 65.7 Å². The number of hydrogen-bond donors (Lipinski definition) is 0. The minimum atomic E-state index is -4.94. The molecule has 0 aliphatic carbocycles. The zero-order chi connectivity index (χ0) is 24.6. The highest BCUT2D eigenvalue weighted by molar-refractivity contribution is 6.16. The Kier molecular flexibility index (Phi) is 6.20. The Hall–Kier alpha value is -3.62. The van der Waals surface area contributed by atoms with Crippen molar-refractivity contribution < 1.29 is 31.1 Å². The first-order valence-corrected chi connectivity index (χ1v) is 10.4. The van der Waals surface area contributed by atoms with Crippen molar-refractivity contribution in [2.75, 3.05) is 4.90 Å². The largest absolute Gasteiger partial charge is 0.409 e. The maximum Gasteiger partial charge on any atom is 0.409 e. The van der Waals surface area contributed by atoms with Crippen molar-refractivity contribution in [2.45, 2.75) is 32.0 Å². The molecule has 0 bridgehead atoms. The lowest BCUT2D eigenvalue weighted by Gasteiger charge is -2.38. The van der Waals surface area contributed by atoms with Gasteiger partial charge in [-0.05, 0) is 54.4 Å². The first kappa shape index (κ1) is 23.5. The SMILES string of the molecule is CCc1ccc(C(=O)N2c3c(F)cc(F)cc3C(=Nc3ccc(F)cc3)CC2C(F)(F)F)cc1. The number of carbonyl (C=O) groups is 1. The predicted octanol–water partition coefficient (Wildman–Crippen LogP) is 6.77. The number of halogens is 6. The summed E-state index contributed by atoms with van der Waals surface area (Å²) < 4.78 is 84.8. The molecule has 4 rings (SSSR count). The zero-order valence-electron chi connectivity index (χ0n) is 17.8. The van der Waals surface area contributed by atoms with Crippen LogP contribution in [0, 0.1) is 17.5 Å². The van der Waals surface area contributed by atoms with Crippen LogP contribution < -0.4 is 4.90 Å². The molecular formula is C25H18F6N2O. The van der Waals surface area contributed by atoms with E-state index in [1.165, 1.54) is 24.3 Å². The van der Waals surface area contributed by atoms with Gasteiger partial charge in [0.2, 0.25) is 0 Å². The lowest BCUT2D eigenvalue weighted by atomic mass is 9.91. The zero-order valence-corrected chi connectivity index (χ0v) is 17.8. The van der Waals surface area contributed by atoms with Gasteiger partial charge < -0.3 is 0 Å². The molecule has 0 N–H and O–H groups in total. The Morgan fingerprint density at radius 3 is 2.21 bits per heavy atom. The van der Waals surface area contributed by atoms with E-state index in [1.807, 2.05) is 6.92 Å². The maximum atomic E-state index is 15.0. The highest BCUT2D eigenvalue weighted by Gasteiger charge is 2.51. The Labute approximate surface area is 191 Å². The highest BCUT2D eigenvalue weighted by Crippen LogP contribution is 2.41. The molecule has 0 saturated heterocycles. The second kappa shape index (κ2) is 8.96. The fraction of sp³-hybridized carbons (Fsp3) is 0.200. The van der Waals surface area contributed by atoms with Crippen LogP contribution in [0.25, 0.3) is 0 Å². The Morgan fingerprint density at radius 2 is 1.62 bits per heavy atom. The van der Waals surface area contributed by atoms with Crippen molar-refractivity contribution in [1.29, 1.82) is 0 Å². The van der Waals surface area contributed by atoms with Crippen molar-refractivity contribution >= 4 is 23.0 Å². The molecule has 0 saturated carbocycles.